The highest BCUT2D eigenvalue weighted by Gasteiger charge is 2.23. The van der Waals surface area contributed by atoms with E-state index in [1.807, 2.05) is 6.07 Å². The van der Waals surface area contributed by atoms with Crippen molar-refractivity contribution in [2.75, 3.05) is 16.8 Å². The molecule has 1 saturated carbocycles. The van der Waals surface area contributed by atoms with Gasteiger partial charge in [0, 0.05) is 23.3 Å². The Bertz CT molecular complexity index is 561. The number of para-hydroxylation sites is 1. The zero-order valence-electron chi connectivity index (χ0n) is 11.6. The molecule has 1 fully saturated rings. The van der Waals surface area contributed by atoms with Crippen LogP contribution in [0.3, 0.4) is 0 Å². The van der Waals surface area contributed by atoms with Gasteiger partial charge in [-0.3, -0.25) is 0 Å². The Morgan fingerprint density at radius 3 is 2.70 bits per heavy atom. The van der Waals surface area contributed by atoms with Crippen molar-refractivity contribution in [3.63, 3.8) is 0 Å². The van der Waals surface area contributed by atoms with Gasteiger partial charge >= 0.3 is 0 Å². The molecule has 2 aromatic rings. The van der Waals surface area contributed by atoms with Gasteiger partial charge in [-0.1, -0.05) is 47.3 Å². The number of benzene rings is 1. The Balaban J connectivity index is 2.00. The van der Waals surface area contributed by atoms with Crippen LogP contribution in [0.15, 0.2) is 30.6 Å². The number of rotatable bonds is 4. The van der Waals surface area contributed by atoms with Crippen molar-refractivity contribution < 1.29 is 0 Å². The third-order valence-corrected chi connectivity index (χ3v) is 4.49. The van der Waals surface area contributed by atoms with E-state index in [4.69, 9.17) is 0 Å². The van der Waals surface area contributed by atoms with E-state index in [0.29, 0.717) is 6.04 Å². The normalized spacial score (nSPS) is 16.4. The summed E-state index contributed by atoms with van der Waals surface area (Å²) in [7, 11) is 0. The molecule has 0 unspecified atom stereocenters. The molecule has 0 aliphatic heterocycles. The maximum absolute atomic E-state index is 4.60. The molecule has 1 aromatic carbocycles. The predicted molar refractivity (Wildman–Crippen MR) is 87.6 cm³/mol. The maximum atomic E-state index is 4.60. The number of nitrogens with zero attached hydrogens (tertiary/aromatic N) is 3. The van der Waals surface area contributed by atoms with Gasteiger partial charge in [0.25, 0.3) is 0 Å². The van der Waals surface area contributed by atoms with Crippen LogP contribution in [-0.2, 0) is 0 Å². The number of fused-ring (bicyclic) bond motifs is 1. The third kappa shape index (κ3) is 2.80. The number of halogens is 1. The largest absolute Gasteiger partial charge is 0.352 e. The molecular formula is C16H20BrN3. The lowest BCUT2D eigenvalue weighted by molar-refractivity contribution is 0.417. The van der Waals surface area contributed by atoms with E-state index in [1.165, 1.54) is 37.5 Å². The average molecular weight is 334 g/mol. The number of hydrogen-bond donors (Lipinski definition) is 0. The van der Waals surface area contributed by atoms with E-state index >= 15 is 0 Å². The highest BCUT2D eigenvalue weighted by molar-refractivity contribution is 9.09. The van der Waals surface area contributed by atoms with Crippen molar-refractivity contribution in [2.24, 2.45) is 0 Å². The molecule has 0 spiro atoms. The average Bonchev–Trinajstić information content (AvgIpc) is 2.53. The Morgan fingerprint density at radius 1 is 1.10 bits per heavy atom. The quantitative estimate of drug-likeness (QED) is 0.786. The first-order valence-electron chi connectivity index (χ1n) is 7.42. The fourth-order valence-corrected chi connectivity index (χ4v) is 3.55. The molecule has 1 aliphatic rings. The fourth-order valence-electron chi connectivity index (χ4n) is 3.16. The molecule has 1 heterocycles. The van der Waals surface area contributed by atoms with Crippen LogP contribution in [0, 0.1) is 0 Å². The summed E-state index contributed by atoms with van der Waals surface area (Å²) in [5, 5.41) is 2.14. The lowest BCUT2D eigenvalue weighted by Gasteiger charge is -2.35. The first kappa shape index (κ1) is 13.8. The lowest BCUT2D eigenvalue weighted by atomic mass is 9.94. The van der Waals surface area contributed by atoms with E-state index < -0.39 is 0 Å². The van der Waals surface area contributed by atoms with Gasteiger partial charge < -0.3 is 4.90 Å². The van der Waals surface area contributed by atoms with Crippen LogP contribution in [0.4, 0.5) is 5.82 Å². The van der Waals surface area contributed by atoms with Crippen LogP contribution in [0.25, 0.3) is 10.9 Å². The molecule has 1 aliphatic carbocycles. The second kappa shape index (κ2) is 6.53. The van der Waals surface area contributed by atoms with E-state index in [2.05, 4.69) is 49.0 Å². The van der Waals surface area contributed by atoms with Crippen LogP contribution in [-0.4, -0.2) is 27.9 Å². The number of alkyl halides is 1. The molecule has 0 bridgehead atoms. The van der Waals surface area contributed by atoms with Gasteiger partial charge in [0.1, 0.15) is 12.1 Å². The predicted octanol–water partition coefficient (Wildman–Crippen LogP) is 4.16. The first-order chi connectivity index (χ1) is 9.90. The first-order valence-corrected chi connectivity index (χ1v) is 8.54. The molecule has 0 N–H and O–H groups in total. The van der Waals surface area contributed by atoms with Crippen molar-refractivity contribution in [1.29, 1.82) is 0 Å². The van der Waals surface area contributed by atoms with E-state index in [1.54, 1.807) is 6.33 Å². The van der Waals surface area contributed by atoms with Crippen molar-refractivity contribution in [1.82, 2.24) is 9.97 Å². The molecule has 106 valence electrons. The molecule has 3 nitrogen and oxygen atoms in total. The van der Waals surface area contributed by atoms with Crippen molar-refractivity contribution in [3.05, 3.63) is 30.6 Å². The molecular weight excluding hydrogens is 314 g/mol. The molecule has 1 aromatic heterocycles. The minimum absolute atomic E-state index is 0.625. The number of aromatic nitrogens is 2. The molecule has 20 heavy (non-hydrogen) atoms. The van der Waals surface area contributed by atoms with Gasteiger partial charge in [-0.05, 0) is 25.0 Å². The summed E-state index contributed by atoms with van der Waals surface area (Å²) < 4.78 is 0. The van der Waals surface area contributed by atoms with Crippen LogP contribution >= 0.6 is 15.9 Å². The Kier molecular flexibility index (Phi) is 4.51. The van der Waals surface area contributed by atoms with Crippen LogP contribution in [0.2, 0.25) is 0 Å². The summed E-state index contributed by atoms with van der Waals surface area (Å²) >= 11 is 3.59. The Hall–Kier alpha value is -1.16. The van der Waals surface area contributed by atoms with Crippen LogP contribution < -0.4 is 4.90 Å². The van der Waals surface area contributed by atoms with Gasteiger partial charge in [0.15, 0.2) is 0 Å². The van der Waals surface area contributed by atoms with Crippen molar-refractivity contribution >= 4 is 32.7 Å². The molecule has 0 saturated heterocycles. The van der Waals surface area contributed by atoms with Crippen molar-refractivity contribution in [3.8, 4) is 0 Å². The monoisotopic (exact) mass is 333 g/mol. The Morgan fingerprint density at radius 2 is 1.90 bits per heavy atom. The Labute approximate surface area is 128 Å². The standard InChI is InChI=1S/C16H20BrN3/c17-10-11-20(13-6-2-1-3-7-13)16-14-8-4-5-9-15(14)18-12-19-16/h4-5,8-9,12-13H,1-3,6-7,10-11H2. The summed E-state index contributed by atoms with van der Waals surface area (Å²) in [5.74, 6) is 1.10. The SMILES string of the molecule is BrCCN(c1ncnc2ccccc12)C1CCCCC1. The van der Waals surface area contributed by atoms with Gasteiger partial charge in [-0.25, -0.2) is 9.97 Å². The minimum atomic E-state index is 0.625. The molecule has 0 atom stereocenters. The smallest absolute Gasteiger partial charge is 0.140 e. The summed E-state index contributed by atoms with van der Waals surface area (Å²) in [6, 6.07) is 8.93. The topological polar surface area (TPSA) is 29.0 Å². The lowest BCUT2D eigenvalue weighted by Crippen LogP contribution is -2.39. The number of hydrogen-bond acceptors (Lipinski definition) is 3. The fraction of sp³-hybridized carbons (Fsp3) is 0.500. The summed E-state index contributed by atoms with van der Waals surface area (Å²) in [6.45, 7) is 1.01. The highest BCUT2D eigenvalue weighted by atomic mass is 79.9. The molecule has 3 rings (SSSR count). The second-order valence-electron chi connectivity index (χ2n) is 5.39. The summed E-state index contributed by atoms with van der Waals surface area (Å²) in [4.78, 5) is 11.5. The minimum Gasteiger partial charge on any atom is -0.352 e. The third-order valence-electron chi connectivity index (χ3n) is 4.13. The van der Waals surface area contributed by atoms with Gasteiger partial charge in [0.2, 0.25) is 0 Å². The van der Waals surface area contributed by atoms with E-state index in [-0.39, 0.29) is 0 Å². The van der Waals surface area contributed by atoms with Gasteiger partial charge in [0.05, 0.1) is 5.52 Å². The molecule has 0 amide bonds. The van der Waals surface area contributed by atoms with Gasteiger partial charge in [-0.2, -0.15) is 0 Å². The second-order valence-corrected chi connectivity index (χ2v) is 6.18. The zero-order valence-corrected chi connectivity index (χ0v) is 13.2. The summed E-state index contributed by atoms with van der Waals surface area (Å²) in [6.07, 6.45) is 8.32. The molecule has 4 heteroatoms. The number of anilines is 1. The van der Waals surface area contributed by atoms with Crippen molar-refractivity contribution in [2.45, 2.75) is 38.1 Å². The van der Waals surface area contributed by atoms with Gasteiger partial charge in [-0.15, -0.1) is 0 Å². The van der Waals surface area contributed by atoms with Crippen LogP contribution in [0.5, 0.6) is 0 Å². The summed E-state index contributed by atoms with van der Waals surface area (Å²) in [5.41, 5.74) is 1.04. The highest BCUT2D eigenvalue weighted by Crippen LogP contribution is 2.30. The zero-order chi connectivity index (χ0) is 13.8. The van der Waals surface area contributed by atoms with E-state index in [0.717, 1.165) is 23.2 Å². The maximum Gasteiger partial charge on any atom is 0.140 e. The van der Waals surface area contributed by atoms with E-state index in [9.17, 15) is 0 Å². The van der Waals surface area contributed by atoms with Crippen LogP contribution in [0.1, 0.15) is 32.1 Å². The molecule has 0 radical (unpaired) electrons.